The van der Waals surface area contributed by atoms with Crippen molar-refractivity contribution in [1.29, 1.82) is 0 Å². The van der Waals surface area contributed by atoms with Crippen molar-refractivity contribution in [2.45, 2.75) is 26.9 Å². The maximum Gasteiger partial charge on any atom is 0.414 e. The number of allylic oxidation sites excluding steroid dienone is 4. The van der Waals surface area contributed by atoms with Crippen LogP contribution in [0, 0.1) is 5.41 Å². The highest BCUT2D eigenvalue weighted by Gasteiger charge is 2.38. The van der Waals surface area contributed by atoms with Gasteiger partial charge in [0, 0.05) is 19.2 Å². The molecule has 0 spiro atoms. The van der Waals surface area contributed by atoms with Gasteiger partial charge in [0.1, 0.15) is 12.0 Å². The van der Waals surface area contributed by atoms with Gasteiger partial charge in [-0.1, -0.05) is 54.6 Å². The van der Waals surface area contributed by atoms with Crippen LogP contribution in [0.2, 0.25) is 0 Å². The molecule has 1 aliphatic rings. The second-order valence-corrected chi connectivity index (χ2v) is 6.05. The molecule has 0 saturated carbocycles. The average molecular weight is 355 g/mol. The highest BCUT2D eigenvalue weighted by Crippen LogP contribution is 2.36. The summed E-state index contributed by atoms with van der Waals surface area (Å²) >= 11 is 0. The minimum Gasteiger partial charge on any atom is -0.465 e. The third-order valence-corrected chi connectivity index (χ3v) is 4.19. The summed E-state index contributed by atoms with van der Waals surface area (Å²) < 4.78 is 10.6. The summed E-state index contributed by atoms with van der Waals surface area (Å²) in [4.78, 5) is 26.3. The van der Waals surface area contributed by atoms with Gasteiger partial charge in [-0.05, 0) is 25.5 Å². The summed E-state index contributed by atoms with van der Waals surface area (Å²) in [7, 11) is 1.64. The van der Waals surface area contributed by atoms with Crippen molar-refractivity contribution in [1.82, 2.24) is 4.90 Å². The number of benzene rings is 1. The summed E-state index contributed by atoms with van der Waals surface area (Å²) in [5.74, 6) is -0.328. The van der Waals surface area contributed by atoms with E-state index in [1.807, 2.05) is 49.4 Å². The molecule has 5 nitrogen and oxygen atoms in total. The maximum atomic E-state index is 12.5. The second-order valence-electron chi connectivity index (χ2n) is 6.05. The van der Waals surface area contributed by atoms with E-state index < -0.39 is 11.5 Å². The maximum absolute atomic E-state index is 12.5. The second kappa shape index (κ2) is 9.04. The third-order valence-electron chi connectivity index (χ3n) is 4.19. The average Bonchev–Trinajstić information content (AvgIpc) is 2.67. The molecule has 0 saturated heterocycles. The van der Waals surface area contributed by atoms with E-state index in [0.29, 0.717) is 18.7 Å². The van der Waals surface area contributed by atoms with Crippen molar-refractivity contribution in [2.75, 3.05) is 13.7 Å². The van der Waals surface area contributed by atoms with Crippen molar-refractivity contribution in [3.8, 4) is 0 Å². The van der Waals surface area contributed by atoms with Gasteiger partial charge in [0.25, 0.3) is 0 Å². The molecule has 1 aromatic carbocycles. The predicted octanol–water partition coefficient (Wildman–Crippen LogP) is 4.22. The molecular formula is C21H25NO4. The van der Waals surface area contributed by atoms with Gasteiger partial charge in [0.15, 0.2) is 0 Å². The van der Waals surface area contributed by atoms with Gasteiger partial charge in [0.05, 0.1) is 6.61 Å². The van der Waals surface area contributed by atoms with Gasteiger partial charge in [-0.15, -0.1) is 0 Å². The van der Waals surface area contributed by atoms with Gasteiger partial charge in [0.2, 0.25) is 0 Å². The lowest BCUT2D eigenvalue weighted by Gasteiger charge is -2.31. The number of amides is 1. The number of carbonyl (C=O) groups excluding carboxylic acids is 2. The lowest BCUT2D eigenvalue weighted by Crippen LogP contribution is -2.36. The molecule has 0 radical (unpaired) electrons. The molecule has 5 heteroatoms. The van der Waals surface area contributed by atoms with Gasteiger partial charge < -0.3 is 9.47 Å². The minimum atomic E-state index is -0.900. The molecule has 0 N–H and O–H groups in total. The SMILES string of the molecule is CC=CC1(C(=O)OCC)C=CC=C(N(C)C(=O)OCc2ccccc2)C1. The van der Waals surface area contributed by atoms with Crippen LogP contribution in [-0.2, 0) is 20.9 Å². The number of hydrogen-bond donors (Lipinski definition) is 0. The van der Waals surface area contributed by atoms with Crippen LogP contribution in [0.3, 0.4) is 0 Å². The predicted molar refractivity (Wildman–Crippen MR) is 100 cm³/mol. The molecule has 0 fully saturated rings. The van der Waals surface area contributed by atoms with E-state index in [0.717, 1.165) is 5.56 Å². The Kier molecular flexibility index (Phi) is 6.78. The molecule has 1 aromatic rings. The Morgan fingerprint density at radius 2 is 1.96 bits per heavy atom. The summed E-state index contributed by atoms with van der Waals surface area (Å²) in [6, 6.07) is 9.49. The molecule has 2 rings (SSSR count). The van der Waals surface area contributed by atoms with Crippen molar-refractivity contribution in [2.24, 2.45) is 5.41 Å². The first kappa shape index (κ1) is 19.5. The lowest BCUT2D eigenvalue weighted by molar-refractivity contribution is -0.150. The zero-order chi connectivity index (χ0) is 19.0. The molecule has 0 aromatic heterocycles. The molecule has 0 bridgehead atoms. The van der Waals surface area contributed by atoms with Crippen LogP contribution in [0.15, 0.2) is 66.4 Å². The van der Waals surface area contributed by atoms with E-state index in [4.69, 9.17) is 9.47 Å². The number of hydrogen-bond acceptors (Lipinski definition) is 4. The third kappa shape index (κ3) is 4.63. The molecule has 1 aliphatic carbocycles. The fourth-order valence-electron chi connectivity index (χ4n) is 2.80. The standard InChI is InChI=1S/C21H25NO4/c1-4-13-21(19(23)25-5-2)14-9-12-18(15-21)22(3)20(24)26-16-17-10-7-6-8-11-17/h4,6-14H,5,15-16H2,1-3H3. The fourth-order valence-corrected chi connectivity index (χ4v) is 2.80. The van der Waals surface area contributed by atoms with Gasteiger partial charge in [-0.2, -0.15) is 0 Å². The normalized spacial score (nSPS) is 19.1. The van der Waals surface area contributed by atoms with Gasteiger partial charge in [-0.25, -0.2) is 4.79 Å². The van der Waals surface area contributed by atoms with E-state index in [2.05, 4.69) is 0 Å². The van der Waals surface area contributed by atoms with Crippen LogP contribution in [0.5, 0.6) is 0 Å². The Bertz CT molecular complexity index is 721. The molecule has 1 amide bonds. The summed E-state index contributed by atoms with van der Waals surface area (Å²) in [5, 5.41) is 0. The molecule has 26 heavy (non-hydrogen) atoms. The Hall–Kier alpha value is -2.82. The smallest absolute Gasteiger partial charge is 0.414 e. The lowest BCUT2D eigenvalue weighted by atomic mass is 9.79. The number of esters is 1. The minimum absolute atomic E-state index is 0.199. The molecule has 138 valence electrons. The number of carbonyl (C=O) groups is 2. The van der Waals surface area contributed by atoms with E-state index in [1.54, 1.807) is 32.2 Å². The van der Waals surface area contributed by atoms with Crippen LogP contribution in [0.4, 0.5) is 4.79 Å². The first-order valence-corrected chi connectivity index (χ1v) is 8.66. The van der Waals surface area contributed by atoms with Crippen molar-refractivity contribution >= 4 is 12.1 Å². The van der Waals surface area contributed by atoms with E-state index >= 15 is 0 Å². The quantitative estimate of drug-likeness (QED) is 0.566. The van der Waals surface area contributed by atoms with Crippen LogP contribution < -0.4 is 0 Å². The van der Waals surface area contributed by atoms with E-state index in [9.17, 15) is 9.59 Å². The Labute approximate surface area is 154 Å². The fraction of sp³-hybridized carbons (Fsp3) is 0.333. The summed E-state index contributed by atoms with van der Waals surface area (Å²) in [5.41, 5.74) is 0.710. The van der Waals surface area contributed by atoms with Crippen molar-refractivity contribution < 1.29 is 19.1 Å². The highest BCUT2D eigenvalue weighted by molar-refractivity contribution is 5.83. The molecular weight excluding hydrogens is 330 g/mol. The van der Waals surface area contributed by atoms with Crippen molar-refractivity contribution in [3.63, 3.8) is 0 Å². The van der Waals surface area contributed by atoms with Crippen LogP contribution >= 0.6 is 0 Å². The highest BCUT2D eigenvalue weighted by atomic mass is 16.6. The topological polar surface area (TPSA) is 55.8 Å². The van der Waals surface area contributed by atoms with Crippen LogP contribution in [0.25, 0.3) is 0 Å². The van der Waals surface area contributed by atoms with Crippen molar-refractivity contribution in [3.05, 3.63) is 72.0 Å². The van der Waals surface area contributed by atoms with E-state index in [1.165, 1.54) is 4.90 Å². The first-order valence-electron chi connectivity index (χ1n) is 8.66. The largest absolute Gasteiger partial charge is 0.465 e. The summed E-state index contributed by atoms with van der Waals surface area (Å²) in [6.07, 6.45) is 8.88. The number of rotatable bonds is 6. The molecule has 1 unspecified atom stereocenters. The Morgan fingerprint density at radius 3 is 2.62 bits per heavy atom. The Balaban J connectivity index is 2.07. The zero-order valence-electron chi connectivity index (χ0n) is 15.5. The van der Waals surface area contributed by atoms with E-state index in [-0.39, 0.29) is 12.6 Å². The van der Waals surface area contributed by atoms with Crippen LogP contribution in [0.1, 0.15) is 25.8 Å². The summed E-state index contributed by atoms with van der Waals surface area (Å²) in [6.45, 7) is 4.13. The molecule has 0 aliphatic heterocycles. The Morgan fingerprint density at radius 1 is 1.23 bits per heavy atom. The first-order chi connectivity index (χ1) is 12.5. The van der Waals surface area contributed by atoms with Gasteiger partial charge >= 0.3 is 12.1 Å². The monoisotopic (exact) mass is 355 g/mol. The van der Waals surface area contributed by atoms with Crippen LogP contribution in [-0.4, -0.2) is 30.6 Å². The number of nitrogens with zero attached hydrogens (tertiary/aromatic N) is 1. The van der Waals surface area contributed by atoms with Gasteiger partial charge in [-0.3, -0.25) is 9.69 Å². The zero-order valence-corrected chi connectivity index (χ0v) is 15.5. The molecule has 1 atom stereocenters. The number of ether oxygens (including phenoxy) is 2. The molecule has 0 heterocycles.